The van der Waals surface area contributed by atoms with Crippen molar-refractivity contribution in [2.75, 3.05) is 5.32 Å². The van der Waals surface area contributed by atoms with Crippen molar-refractivity contribution in [1.29, 1.82) is 0 Å². The zero-order chi connectivity index (χ0) is 13.8. The molecule has 0 saturated carbocycles. The number of nitrogens with one attached hydrogen (secondary N) is 1. The molecular formula is C11H13ClFNO3S. The van der Waals surface area contributed by atoms with Crippen LogP contribution in [0.25, 0.3) is 0 Å². The third-order valence-corrected chi connectivity index (χ3v) is 3.61. The standard InChI is InChI=1S/C11H13ClFNO3S/c1-2-3-4-11(15)14-10-6-5-8(7-9(10)13)18(12,16)17/h5-7H,2-4H2,1H3,(H,14,15). The SMILES string of the molecule is CCCCC(=O)Nc1ccc(S(=O)(=O)Cl)cc1F. The Morgan fingerprint density at radius 2 is 2.11 bits per heavy atom. The molecular weight excluding hydrogens is 281 g/mol. The number of amides is 1. The minimum Gasteiger partial charge on any atom is -0.324 e. The highest BCUT2D eigenvalue weighted by Crippen LogP contribution is 2.21. The molecule has 0 radical (unpaired) electrons. The van der Waals surface area contributed by atoms with Gasteiger partial charge in [-0.25, -0.2) is 12.8 Å². The molecule has 100 valence electrons. The number of carbonyl (C=O) groups is 1. The molecule has 7 heteroatoms. The van der Waals surface area contributed by atoms with Crippen LogP contribution in [0.1, 0.15) is 26.2 Å². The zero-order valence-corrected chi connectivity index (χ0v) is 11.3. The van der Waals surface area contributed by atoms with Gasteiger partial charge in [-0.1, -0.05) is 13.3 Å². The third-order valence-electron chi connectivity index (χ3n) is 2.25. The summed E-state index contributed by atoms with van der Waals surface area (Å²) in [5.74, 6) is -1.14. The third kappa shape index (κ3) is 4.27. The molecule has 0 aliphatic heterocycles. The number of unbranched alkanes of at least 4 members (excludes halogenated alkanes) is 1. The predicted octanol–water partition coefficient (Wildman–Crippen LogP) is 2.88. The minimum atomic E-state index is -3.97. The molecule has 0 aliphatic rings. The molecule has 1 N–H and O–H groups in total. The average molecular weight is 294 g/mol. The van der Waals surface area contributed by atoms with E-state index in [1.54, 1.807) is 0 Å². The summed E-state index contributed by atoms with van der Waals surface area (Å²) in [4.78, 5) is 11.0. The Balaban J connectivity index is 2.84. The number of anilines is 1. The van der Waals surface area contributed by atoms with Crippen molar-refractivity contribution in [3.8, 4) is 0 Å². The first-order chi connectivity index (χ1) is 8.34. The molecule has 0 aromatic heterocycles. The summed E-state index contributed by atoms with van der Waals surface area (Å²) in [6, 6.07) is 3.09. The van der Waals surface area contributed by atoms with E-state index >= 15 is 0 Å². The Bertz CT molecular complexity index is 545. The van der Waals surface area contributed by atoms with Crippen molar-refractivity contribution >= 4 is 31.3 Å². The molecule has 18 heavy (non-hydrogen) atoms. The topological polar surface area (TPSA) is 63.2 Å². The van der Waals surface area contributed by atoms with Crippen LogP contribution in [0.5, 0.6) is 0 Å². The van der Waals surface area contributed by atoms with Gasteiger partial charge in [-0.05, 0) is 24.6 Å². The van der Waals surface area contributed by atoms with Gasteiger partial charge in [0.05, 0.1) is 10.6 Å². The summed E-state index contributed by atoms with van der Waals surface area (Å²) < 4.78 is 35.5. The number of hydrogen-bond acceptors (Lipinski definition) is 3. The Labute approximate surface area is 110 Å². The van der Waals surface area contributed by atoms with E-state index in [1.165, 1.54) is 6.07 Å². The van der Waals surface area contributed by atoms with Gasteiger partial charge in [-0.3, -0.25) is 4.79 Å². The summed E-state index contributed by atoms with van der Waals surface area (Å²) >= 11 is 0. The molecule has 1 rings (SSSR count). The highest BCUT2D eigenvalue weighted by molar-refractivity contribution is 8.13. The zero-order valence-electron chi connectivity index (χ0n) is 9.74. The average Bonchev–Trinajstić information content (AvgIpc) is 2.27. The maximum atomic E-state index is 13.5. The van der Waals surface area contributed by atoms with Crippen molar-refractivity contribution in [1.82, 2.24) is 0 Å². The quantitative estimate of drug-likeness (QED) is 0.849. The van der Waals surface area contributed by atoms with Crippen LogP contribution in [-0.4, -0.2) is 14.3 Å². The lowest BCUT2D eigenvalue weighted by atomic mass is 10.2. The summed E-state index contributed by atoms with van der Waals surface area (Å²) in [5, 5.41) is 2.37. The Hall–Kier alpha value is -1.14. The molecule has 0 spiro atoms. The summed E-state index contributed by atoms with van der Waals surface area (Å²) in [6.07, 6.45) is 1.87. The molecule has 4 nitrogen and oxygen atoms in total. The van der Waals surface area contributed by atoms with E-state index in [9.17, 15) is 17.6 Å². The van der Waals surface area contributed by atoms with Crippen LogP contribution in [0.15, 0.2) is 23.1 Å². The van der Waals surface area contributed by atoms with Crippen molar-refractivity contribution in [2.45, 2.75) is 31.1 Å². The lowest BCUT2D eigenvalue weighted by molar-refractivity contribution is -0.116. The monoisotopic (exact) mass is 293 g/mol. The molecule has 1 aromatic carbocycles. The van der Waals surface area contributed by atoms with Crippen LogP contribution in [-0.2, 0) is 13.8 Å². The Morgan fingerprint density at radius 3 is 2.61 bits per heavy atom. The van der Waals surface area contributed by atoms with Gasteiger partial charge in [-0.15, -0.1) is 0 Å². The summed E-state index contributed by atoms with van der Waals surface area (Å²) in [5.41, 5.74) is -0.0554. The van der Waals surface area contributed by atoms with Crippen LogP contribution >= 0.6 is 10.7 Å². The molecule has 1 aromatic rings. The van der Waals surface area contributed by atoms with E-state index in [-0.39, 0.29) is 16.5 Å². The van der Waals surface area contributed by atoms with Crippen LogP contribution in [0.3, 0.4) is 0 Å². The lowest BCUT2D eigenvalue weighted by Gasteiger charge is -2.06. The fraction of sp³-hybridized carbons (Fsp3) is 0.364. The Morgan fingerprint density at radius 1 is 1.44 bits per heavy atom. The largest absolute Gasteiger partial charge is 0.324 e. The second-order valence-corrected chi connectivity index (χ2v) is 6.30. The van der Waals surface area contributed by atoms with Gasteiger partial charge in [-0.2, -0.15) is 0 Å². The van der Waals surface area contributed by atoms with Crippen molar-refractivity contribution < 1.29 is 17.6 Å². The second kappa shape index (κ2) is 6.15. The van der Waals surface area contributed by atoms with E-state index in [0.29, 0.717) is 12.8 Å². The van der Waals surface area contributed by atoms with Gasteiger partial charge in [0.25, 0.3) is 9.05 Å². The fourth-order valence-corrected chi connectivity index (χ4v) is 2.06. The van der Waals surface area contributed by atoms with Gasteiger partial charge in [0.2, 0.25) is 5.91 Å². The first kappa shape index (κ1) is 14.9. The maximum absolute atomic E-state index is 13.5. The number of benzene rings is 1. The number of halogens is 2. The smallest absolute Gasteiger partial charge is 0.261 e. The molecule has 0 bridgehead atoms. The lowest BCUT2D eigenvalue weighted by Crippen LogP contribution is -2.12. The van der Waals surface area contributed by atoms with Gasteiger partial charge in [0.1, 0.15) is 5.82 Å². The van der Waals surface area contributed by atoms with Crippen molar-refractivity contribution in [2.24, 2.45) is 0 Å². The molecule has 0 fully saturated rings. The second-order valence-electron chi connectivity index (χ2n) is 3.73. The number of rotatable bonds is 5. The van der Waals surface area contributed by atoms with Crippen molar-refractivity contribution in [3.05, 3.63) is 24.0 Å². The van der Waals surface area contributed by atoms with Crippen LogP contribution < -0.4 is 5.32 Å². The molecule has 0 heterocycles. The number of hydrogen-bond donors (Lipinski definition) is 1. The van der Waals surface area contributed by atoms with Gasteiger partial charge in [0, 0.05) is 17.1 Å². The van der Waals surface area contributed by atoms with E-state index in [4.69, 9.17) is 10.7 Å². The van der Waals surface area contributed by atoms with E-state index in [0.717, 1.165) is 18.6 Å². The van der Waals surface area contributed by atoms with Gasteiger partial charge >= 0.3 is 0 Å². The molecule has 0 atom stereocenters. The van der Waals surface area contributed by atoms with Crippen LogP contribution in [0.4, 0.5) is 10.1 Å². The van der Waals surface area contributed by atoms with E-state index in [2.05, 4.69) is 5.32 Å². The van der Waals surface area contributed by atoms with Crippen LogP contribution in [0.2, 0.25) is 0 Å². The summed E-state index contributed by atoms with van der Waals surface area (Å²) in [6.45, 7) is 1.94. The molecule has 0 unspecified atom stereocenters. The molecule has 0 aliphatic carbocycles. The first-order valence-electron chi connectivity index (χ1n) is 5.38. The normalized spacial score (nSPS) is 11.3. The number of carbonyl (C=O) groups excluding carboxylic acids is 1. The predicted molar refractivity (Wildman–Crippen MR) is 67.6 cm³/mol. The van der Waals surface area contributed by atoms with Crippen LogP contribution in [0, 0.1) is 5.82 Å². The van der Waals surface area contributed by atoms with Gasteiger partial charge in [0.15, 0.2) is 0 Å². The minimum absolute atomic E-state index is 0.0554. The van der Waals surface area contributed by atoms with Gasteiger partial charge < -0.3 is 5.32 Å². The molecule has 1 amide bonds. The fourth-order valence-electron chi connectivity index (χ4n) is 1.30. The highest BCUT2D eigenvalue weighted by atomic mass is 35.7. The first-order valence-corrected chi connectivity index (χ1v) is 7.69. The van der Waals surface area contributed by atoms with E-state index < -0.39 is 14.9 Å². The van der Waals surface area contributed by atoms with Crippen molar-refractivity contribution in [3.63, 3.8) is 0 Å². The summed E-state index contributed by atoms with van der Waals surface area (Å²) in [7, 11) is 1.11. The Kier molecular flexibility index (Phi) is 5.10. The van der Waals surface area contributed by atoms with E-state index in [1.807, 2.05) is 6.92 Å². The molecule has 0 saturated heterocycles. The maximum Gasteiger partial charge on any atom is 0.261 e. The highest BCUT2D eigenvalue weighted by Gasteiger charge is 2.14.